The SMILES string of the molecule is CCN(C(C)C)C1CC1. The van der Waals surface area contributed by atoms with Crippen LogP contribution in [0.4, 0.5) is 0 Å². The van der Waals surface area contributed by atoms with Gasteiger partial charge in [-0.2, -0.15) is 0 Å². The lowest BCUT2D eigenvalue weighted by atomic mass is 10.3. The lowest BCUT2D eigenvalue weighted by Gasteiger charge is -2.23. The molecule has 0 atom stereocenters. The van der Waals surface area contributed by atoms with E-state index in [2.05, 4.69) is 25.7 Å². The third-order valence-electron chi connectivity index (χ3n) is 2.04. The molecule has 0 aromatic rings. The van der Waals surface area contributed by atoms with Gasteiger partial charge in [0.05, 0.1) is 0 Å². The van der Waals surface area contributed by atoms with Gasteiger partial charge in [-0.15, -0.1) is 0 Å². The molecule has 9 heavy (non-hydrogen) atoms. The summed E-state index contributed by atoms with van der Waals surface area (Å²) in [5.41, 5.74) is 0. The van der Waals surface area contributed by atoms with Crippen LogP contribution in [0.25, 0.3) is 0 Å². The monoisotopic (exact) mass is 127 g/mol. The highest BCUT2D eigenvalue weighted by molar-refractivity contribution is 4.85. The molecule has 0 amide bonds. The van der Waals surface area contributed by atoms with Gasteiger partial charge < -0.3 is 0 Å². The summed E-state index contributed by atoms with van der Waals surface area (Å²) in [6.07, 6.45) is 2.87. The fourth-order valence-electron chi connectivity index (χ4n) is 1.45. The van der Waals surface area contributed by atoms with E-state index in [0.29, 0.717) is 0 Å². The van der Waals surface area contributed by atoms with Gasteiger partial charge in [0.1, 0.15) is 0 Å². The third kappa shape index (κ3) is 1.68. The van der Waals surface area contributed by atoms with Crippen molar-refractivity contribution in [1.82, 2.24) is 4.90 Å². The van der Waals surface area contributed by atoms with Crippen LogP contribution in [0.5, 0.6) is 0 Å². The standard InChI is InChI=1S/C8H17N/c1-4-9(7(2)3)8-5-6-8/h7-8H,4-6H2,1-3H3. The number of rotatable bonds is 3. The van der Waals surface area contributed by atoms with E-state index in [0.717, 1.165) is 12.1 Å². The van der Waals surface area contributed by atoms with Gasteiger partial charge in [0, 0.05) is 12.1 Å². The fourth-order valence-corrected chi connectivity index (χ4v) is 1.45. The molecule has 1 fully saturated rings. The van der Waals surface area contributed by atoms with Gasteiger partial charge in [-0.25, -0.2) is 0 Å². The molecular formula is C8H17N. The fraction of sp³-hybridized carbons (Fsp3) is 1.00. The van der Waals surface area contributed by atoms with Crippen LogP contribution in [-0.4, -0.2) is 23.5 Å². The van der Waals surface area contributed by atoms with Crippen LogP contribution in [0.2, 0.25) is 0 Å². The lowest BCUT2D eigenvalue weighted by molar-refractivity contribution is 0.223. The average Bonchev–Trinajstić information content (AvgIpc) is 2.50. The summed E-state index contributed by atoms with van der Waals surface area (Å²) >= 11 is 0. The van der Waals surface area contributed by atoms with Gasteiger partial charge in [-0.1, -0.05) is 6.92 Å². The van der Waals surface area contributed by atoms with Gasteiger partial charge in [-0.05, 0) is 33.2 Å². The van der Waals surface area contributed by atoms with Crippen molar-refractivity contribution in [3.63, 3.8) is 0 Å². The maximum atomic E-state index is 2.57. The van der Waals surface area contributed by atoms with Crippen molar-refractivity contribution in [2.45, 2.75) is 45.7 Å². The summed E-state index contributed by atoms with van der Waals surface area (Å²) in [6.45, 7) is 8.03. The van der Waals surface area contributed by atoms with E-state index in [-0.39, 0.29) is 0 Å². The van der Waals surface area contributed by atoms with Crippen LogP contribution in [0.15, 0.2) is 0 Å². The molecule has 0 bridgehead atoms. The first-order chi connectivity index (χ1) is 4.25. The van der Waals surface area contributed by atoms with Crippen LogP contribution in [-0.2, 0) is 0 Å². The molecule has 0 spiro atoms. The largest absolute Gasteiger partial charge is 0.298 e. The Morgan fingerprint density at radius 1 is 1.44 bits per heavy atom. The lowest BCUT2D eigenvalue weighted by Crippen LogP contribution is -2.32. The molecule has 1 aliphatic carbocycles. The van der Waals surface area contributed by atoms with Crippen molar-refractivity contribution in [2.75, 3.05) is 6.54 Å². The van der Waals surface area contributed by atoms with E-state index < -0.39 is 0 Å². The average molecular weight is 127 g/mol. The quantitative estimate of drug-likeness (QED) is 0.559. The minimum absolute atomic E-state index is 0.752. The van der Waals surface area contributed by atoms with Crippen LogP contribution in [0.3, 0.4) is 0 Å². The maximum Gasteiger partial charge on any atom is 0.00990 e. The topological polar surface area (TPSA) is 3.24 Å². The highest BCUT2D eigenvalue weighted by Crippen LogP contribution is 2.27. The molecule has 0 aromatic heterocycles. The zero-order valence-electron chi connectivity index (χ0n) is 6.72. The second-order valence-corrected chi connectivity index (χ2v) is 3.16. The number of hydrogen-bond acceptors (Lipinski definition) is 1. The minimum atomic E-state index is 0.752. The van der Waals surface area contributed by atoms with Gasteiger partial charge in [0.15, 0.2) is 0 Å². The molecule has 0 heterocycles. The van der Waals surface area contributed by atoms with E-state index in [9.17, 15) is 0 Å². The van der Waals surface area contributed by atoms with Crippen molar-refractivity contribution in [3.05, 3.63) is 0 Å². The first kappa shape index (κ1) is 7.07. The molecule has 0 N–H and O–H groups in total. The summed E-state index contributed by atoms with van der Waals surface area (Å²) in [6, 6.07) is 1.69. The number of nitrogens with zero attached hydrogens (tertiary/aromatic N) is 1. The van der Waals surface area contributed by atoms with E-state index >= 15 is 0 Å². The van der Waals surface area contributed by atoms with Crippen molar-refractivity contribution in [3.8, 4) is 0 Å². The van der Waals surface area contributed by atoms with Crippen LogP contribution in [0.1, 0.15) is 33.6 Å². The molecule has 1 saturated carbocycles. The molecule has 1 rings (SSSR count). The molecule has 1 nitrogen and oxygen atoms in total. The molecule has 0 unspecified atom stereocenters. The molecule has 1 aliphatic rings. The van der Waals surface area contributed by atoms with E-state index in [1.165, 1.54) is 19.4 Å². The van der Waals surface area contributed by atoms with E-state index in [4.69, 9.17) is 0 Å². The van der Waals surface area contributed by atoms with Crippen molar-refractivity contribution >= 4 is 0 Å². The van der Waals surface area contributed by atoms with Gasteiger partial charge >= 0.3 is 0 Å². The van der Waals surface area contributed by atoms with Crippen LogP contribution < -0.4 is 0 Å². The normalized spacial score (nSPS) is 19.7. The first-order valence-corrected chi connectivity index (χ1v) is 4.01. The molecular weight excluding hydrogens is 110 g/mol. The summed E-state index contributed by atoms with van der Waals surface area (Å²) in [5, 5.41) is 0. The Hall–Kier alpha value is -0.0400. The molecule has 0 radical (unpaired) electrons. The molecule has 0 aliphatic heterocycles. The molecule has 54 valence electrons. The molecule has 1 heteroatoms. The highest BCUT2D eigenvalue weighted by Gasteiger charge is 2.28. The Morgan fingerprint density at radius 2 is 2.00 bits per heavy atom. The Morgan fingerprint density at radius 3 is 2.11 bits per heavy atom. The van der Waals surface area contributed by atoms with Gasteiger partial charge in [-0.3, -0.25) is 4.90 Å². The smallest absolute Gasteiger partial charge is 0.00990 e. The third-order valence-corrected chi connectivity index (χ3v) is 2.04. The predicted octanol–water partition coefficient (Wildman–Crippen LogP) is 1.88. The van der Waals surface area contributed by atoms with Gasteiger partial charge in [0.2, 0.25) is 0 Å². The Bertz CT molecular complexity index is 82.6. The molecule has 0 saturated heterocycles. The minimum Gasteiger partial charge on any atom is -0.298 e. The summed E-state index contributed by atoms with van der Waals surface area (Å²) in [4.78, 5) is 2.57. The zero-order chi connectivity index (χ0) is 6.85. The summed E-state index contributed by atoms with van der Waals surface area (Å²) in [5.74, 6) is 0. The maximum absolute atomic E-state index is 2.57. The van der Waals surface area contributed by atoms with Crippen molar-refractivity contribution in [2.24, 2.45) is 0 Å². The second-order valence-electron chi connectivity index (χ2n) is 3.16. The first-order valence-electron chi connectivity index (χ1n) is 4.01. The Kier molecular flexibility index (Phi) is 2.12. The summed E-state index contributed by atoms with van der Waals surface area (Å²) < 4.78 is 0. The Balaban J connectivity index is 2.28. The summed E-state index contributed by atoms with van der Waals surface area (Å²) in [7, 11) is 0. The van der Waals surface area contributed by atoms with E-state index in [1.54, 1.807) is 0 Å². The Labute approximate surface area is 58.0 Å². The number of hydrogen-bond donors (Lipinski definition) is 0. The highest BCUT2D eigenvalue weighted by atomic mass is 15.2. The van der Waals surface area contributed by atoms with Crippen LogP contribution >= 0.6 is 0 Å². The van der Waals surface area contributed by atoms with Crippen molar-refractivity contribution in [1.29, 1.82) is 0 Å². The van der Waals surface area contributed by atoms with Crippen LogP contribution in [0, 0.1) is 0 Å². The van der Waals surface area contributed by atoms with E-state index in [1.807, 2.05) is 0 Å². The predicted molar refractivity (Wildman–Crippen MR) is 40.5 cm³/mol. The zero-order valence-corrected chi connectivity index (χ0v) is 6.72. The van der Waals surface area contributed by atoms with Gasteiger partial charge in [0.25, 0.3) is 0 Å². The van der Waals surface area contributed by atoms with Crippen molar-refractivity contribution < 1.29 is 0 Å². The second kappa shape index (κ2) is 2.70. The molecule has 0 aromatic carbocycles.